The molecule has 0 aromatic heterocycles. The summed E-state index contributed by atoms with van der Waals surface area (Å²) < 4.78 is 26.7. The number of rotatable bonds is 3. The SMILES string of the molecule is NC1CCC2CN(C(=O)CCc3cccc(F)c3F)CC12. The van der Waals surface area contributed by atoms with E-state index in [0.29, 0.717) is 11.8 Å². The van der Waals surface area contributed by atoms with Gasteiger partial charge in [0.15, 0.2) is 11.6 Å². The van der Waals surface area contributed by atoms with Crippen LogP contribution in [0.2, 0.25) is 0 Å². The summed E-state index contributed by atoms with van der Waals surface area (Å²) in [6.07, 6.45) is 2.59. The number of hydrogen-bond acceptors (Lipinski definition) is 2. The maximum absolute atomic E-state index is 13.6. The highest BCUT2D eigenvalue weighted by atomic mass is 19.2. The van der Waals surface area contributed by atoms with Crippen molar-refractivity contribution >= 4 is 5.91 Å². The van der Waals surface area contributed by atoms with Crippen molar-refractivity contribution in [2.45, 2.75) is 31.7 Å². The molecule has 2 N–H and O–H groups in total. The average Bonchev–Trinajstić information content (AvgIpc) is 3.03. The molecule has 21 heavy (non-hydrogen) atoms. The molecule has 3 rings (SSSR count). The monoisotopic (exact) mass is 294 g/mol. The zero-order valence-electron chi connectivity index (χ0n) is 11.9. The van der Waals surface area contributed by atoms with Crippen LogP contribution in [0.5, 0.6) is 0 Å². The molecule has 0 radical (unpaired) electrons. The second kappa shape index (κ2) is 5.72. The summed E-state index contributed by atoms with van der Waals surface area (Å²) in [5.74, 6) is -0.748. The van der Waals surface area contributed by atoms with Gasteiger partial charge in [0, 0.05) is 25.6 Å². The van der Waals surface area contributed by atoms with Crippen molar-refractivity contribution in [2.75, 3.05) is 13.1 Å². The Morgan fingerprint density at radius 3 is 2.86 bits per heavy atom. The molecule has 2 fully saturated rings. The summed E-state index contributed by atoms with van der Waals surface area (Å²) in [4.78, 5) is 14.1. The number of benzene rings is 1. The molecule has 1 amide bonds. The minimum atomic E-state index is -0.860. The lowest BCUT2D eigenvalue weighted by Crippen LogP contribution is -2.33. The van der Waals surface area contributed by atoms with E-state index < -0.39 is 11.6 Å². The molecule has 1 saturated carbocycles. The minimum Gasteiger partial charge on any atom is -0.342 e. The zero-order chi connectivity index (χ0) is 15.0. The molecule has 1 aromatic carbocycles. The summed E-state index contributed by atoms with van der Waals surface area (Å²) in [6.45, 7) is 1.49. The molecule has 3 unspecified atom stereocenters. The number of amides is 1. The Hall–Kier alpha value is -1.49. The van der Waals surface area contributed by atoms with Crippen molar-refractivity contribution in [1.82, 2.24) is 4.90 Å². The first-order chi connectivity index (χ1) is 10.1. The fourth-order valence-corrected chi connectivity index (χ4v) is 3.65. The quantitative estimate of drug-likeness (QED) is 0.928. The Bertz CT molecular complexity index is 549. The van der Waals surface area contributed by atoms with Gasteiger partial charge in [-0.05, 0) is 42.7 Å². The highest BCUT2D eigenvalue weighted by molar-refractivity contribution is 5.76. The van der Waals surface area contributed by atoms with Gasteiger partial charge in [-0.15, -0.1) is 0 Å². The number of fused-ring (bicyclic) bond motifs is 1. The largest absolute Gasteiger partial charge is 0.342 e. The molecule has 0 spiro atoms. The van der Waals surface area contributed by atoms with Gasteiger partial charge in [-0.2, -0.15) is 0 Å². The molecular weight excluding hydrogens is 274 g/mol. The van der Waals surface area contributed by atoms with E-state index in [1.54, 1.807) is 0 Å². The number of nitrogens with zero attached hydrogens (tertiary/aromatic N) is 1. The van der Waals surface area contributed by atoms with Gasteiger partial charge in [0.05, 0.1) is 0 Å². The highest BCUT2D eigenvalue weighted by Gasteiger charge is 2.42. The average molecular weight is 294 g/mol. The summed E-state index contributed by atoms with van der Waals surface area (Å²) >= 11 is 0. The fourth-order valence-electron chi connectivity index (χ4n) is 3.65. The van der Waals surface area contributed by atoms with Gasteiger partial charge >= 0.3 is 0 Å². The van der Waals surface area contributed by atoms with Gasteiger partial charge in [0.1, 0.15) is 0 Å². The predicted molar refractivity (Wildman–Crippen MR) is 75.4 cm³/mol. The van der Waals surface area contributed by atoms with Crippen molar-refractivity contribution in [3.8, 4) is 0 Å². The number of hydrogen-bond donors (Lipinski definition) is 1. The van der Waals surface area contributed by atoms with Crippen LogP contribution in [0, 0.1) is 23.5 Å². The molecule has 3 atom stereocenters. The predicted octanol–water partition coefficient (Wildman–Crippen LogP) is 2.09. The van der Waals surface area contributed by atoms with Gasteiger partial charge in [-0.25, -0.2) is 8.78 Å². The van der Waals surface area contributed by atoms with Crippen LogP contribution >= 0.6 is 0 Å². The Balaban J connectivity index is 1.57. The standard InChI is InChI=1S/C16H20F2N2O/c17-13-3-1-2-10(16(13)18)5-7-15(21)20-8-11-4-6-14(19)12(11)9-20/h1-3,11-12,14H,4-9,19H2. The molecule has 1 saturated heterocycles. The van der Waals surface area contributed by atoms with Crippen LogP contribution < -0.4 is 5.73 Å². The van der Waals surface area contributed by atoms with E-state index in [2.05, 4.69) is 0 Å². The van der Waals surface area contributed by atoms with Gasteiger partial charge in [0.2, 0.25) is 5.91 Å². The van der Waals surface area contributed by atoms with E-state index in [4.69, 9.17) is 5.73 Å². The van der Waals surface area contributed by atoms with Crippen molar-refractivity contribution in [2.24, 2.45) is 17.6 Å². The molecular formula is C16H20F2N2O. The van der Waals surface area contributed by atoms with Crippen LogP contribution in [0.1, 0.15) is 24.8 Å². The van der Waals surface area contributed by atoms with E-state index in [1.165, 1.54) is 12.1 Å². The van der Waals surface area contributed by atoms with Gasteiger partial charge < -0.3 is 10.6 Å². The first kappa shape index (κ1) is 14.4. The molecule has 114 valence electrons. The molecule has 3 nitrogen and oxygen atoms in total. The zero-order valence-corrected chi connectivity index (χ0v) is 11.9. The van der Waals surface area contributed by atoms with Crippen molar-refractivity contribution < 1.29 is 13.6 Å². The Morgan fingerprint density at radius 2 is 2.10 bits per heavy atom. The minimum absolute atomic E-state index is 0.0141. The van der Waals surface area contributed by atoms with Crippen LogP contribution in [0.25, 0.3) is 0 Å². The van der Waals surface area contributed by atoms with E-state index in [-0.39, 0.29) is 30.4 Å². The number of halogens is 2. The van der Waals surface area contributed by atoms with Crippen molar-refractivity contribution in [3.63, 3.8) is 0 Å². The van der Waals surface area contributed by atoms with E-state index >= 15 is 0 Å². The lowest BCUT2D eigenvalue weighted by Gasteiger charge is -2.18. The first-order valence-corrected chi connectivity index (χ1v) is 7.52. The van der Waals surface area contributed by atoms with Gasteiger partial charge in [-0.3, -0.25) is 4.79 Å². The normalized spacial score (nSPS) is 28.0. The number of carbonyl (C=O) groups is 1. The third-order valence-electron chi connectivity index (χ3n) is 4.90. The lowest BCUT2D eigenvalue weighted by molar-refractivity contribution is -0.130. The number of carbonyl (C=O) groups excluding carboxylic acids is 1. The second-order valence-electron chi connectivity index (χ2n) is 6.18. The maximum atomic E-state index is 13.6. The molecule has 1 aromatic rings. The fraction of sp³-hybridized carbons (Fsp3) is 0.562. The number of nitrogens with two attached hydrogens (primary N) is 1. The van der Waals surface area contributed by atoms with Crippen LogP contribution in [0.15, 0.2) is 18.2 Å². The van der Waals surface area contributed by atoms with Crippen molar-refractivity contribution in [3.05, 3.63) is 35.4 Å². The molecule has 0 bridgehead atoms. The molecule has 1 aliphatic carbocycles. The Kier molecular flexibility index (Phi) is 3.93. The molecule has 2 aliphatic rings. The number of likely N-dealkylation sites (tertiary alicyclic amines) is 1. The smallest absolute Gasteiger partial charge is 0.222 e. The molecule has 1 aliphatic heterocycles. The highest BCUT2D eigenvalue weighted by Crippen LogP contribution is 2.37. The first-order valence-electron chi connectivity index (χ1n) is 7.52. The third kappa shape index (κ3) is 2.79. The molecule has 5 heteroatoms. The third-order valence-corrected chi connectivity index (χ3v) is 4.90. The maximum Gasteiger partial charge on any atom is 0.222 e. The lowest BCUT2D eigenvalue weighted by atomic mass is 9.98. The van der Waals surface area contributed by atoms with Crippen LogP contribution in [0.3, 0.4) is 0 Å². The van der Waals surface area contributed by atoms with Crippen LogP contribution in [0.4, 0.5) is 8.78 Å². The number of aryl methyl sites for hydroxylation is 1. The van der Waals surface area contributed by atoms with E-state index in [1.807, 2.05) is 4.90 Å². The van der Waals surface area contributed by atoms with E-state index in [9.17, 15) is 13.6 Å². The topological polar surface area (TPSA) is 46.3 Å². The van der Waals surface area contributed by atoms with Crippen LogP contribution in [-0.2, 0) is 11.2 Å². The van der Waals surface area contributed by atoms with Gasteiger partial charge in [0.25, 0.3) is 0 Å². The van der Waals surface area contributed by atoms with E-state index in [0.717, 1.165) is 32.0 Å². The summed E-state index contributed by atoms with van der Waals surface area (Å²) in [5, 5.41) is 0. The molecule has 1 heterocycles. The Morgan fingerprint density at radius 1 is 1.29 bits per heavy atom. The summed E-state index contributed by atoms with van der Waals surface area (Å²) in [7, 11) is 0. The van der Waals surface area contributed by atoms with Crippen molar-refractivity contribution in [1.29, 1.82) is 0 Å². The Labute approximate surface area is 123 Å². The van der Waals surface area contributed by atoms with Gasteiger partial charge in [-0.1, -0.05) is 12.1 Å². The van der Waals surface area contributed by atoms with Crippen LogP contribution in [-0.4, -0.2) is 29.9 Å². The second-order valence-corrected chi connectivity index (χ2v) is 6.18. The summed E-state index contributed by atoms with van der Waals surface area (Å²) in [5.41, 5.74) is 6.32. The summed E-state index contributed by atoms with van der Waals surface area (Å²) in [6, 6.07) is 4.29.